The van der Waals surface area contributed by atoms with Crippen LogP contribution in [-0.2, 0) is 4.74 Å². The van der Waals surface area contributed by atoms with Gasteiger partial charge in [-0.15, -0.1) is 5.10 Å². The molecule has 1 aromatic carbocycles. The molecule has 2 aromatic heterocycles. The molecule has 0 bridgehead atoms. The highest BCUT2D eigenvalue weighted by atomic mass is 35.5. The highest BCUT2D eigenvalue weighted by Gasteiger charge is 2.46. The van der Waals surface area contributed by atoms with Gasteiger partial charge < -0.3 is 20.1 Å². The Balaban J connectivity index is 1.64. The van der Waals surface area contributed by atoms with E-state index in [1.807, 2.05) is 0 Å². The van der Waals surface area contributed by atoms with Gasteiger partial charge in [0, 0.05) is 22.9 Å². The summed E-state index contributed by atoms with van der Waals surface area (Å²) in [5, 5.41) is 39.6. The van der Waals surface area contributed by atoms with Gasteiger partial charge in [0.1, 0.15) is 41.3 Å². The van der Waals surface area contributed by atoms with E-state index in [1.165, 1.54) is 23.1 Å². The average Bonchev–Trinajstić information content (AvgIpc) is 3.23. The summed E-state index contributed by atoms with van der Waals surface area (Å²) >= 11 is 18.8. The fourth-order valence-corrected chi connectivity index (χ4v) is 4.97. The largest absolute Gasteiger partial charge is 0.394 e. The minimum absolute atomic E-state index is 0.00860. The molecule has 13 heteroatoms. The van der Waals surface area contributed by atoms with Gasteiger partial charge in [0.05, 0.1) is 27.9 Å². The standard InChI is InChI=1S/C19H16Cl3FN4O4S/c20-9-3-10(5-24-4-9)32-19-18(30)16(17(29)14(7-28)31-19)27-6-13(25-26-27)8-1-11(21)15(22)12(23)2-8/h1-6,14,16-19,28-30H,7H2/t14?,16-,17-,18?,19+/m0/s1. The van der Waals surface area contributed by atoms with Gasteiger partial charge in [0.2, 0.25) is 0 Å². The molecule has 8 nitrogen and oxygen atoms in total. The Hall–Kier alpha value is -1.50. The number of pyridine rings is 1. The molecule has 0 amide bonds. The molecular weight excluding hydrogens is 506 g/mol. The third-order valence-corrected chi connectivity index (χ3v) is 6.98. The van der Waals surface area contributed by atoms with Crippen molar-refractivity contribution >= 4 is 46.6 Å². The molecule has 170 valence electrons. The number of aliphatic hydroxyl groups excluding tert-OH is 3. The van der Waals surface area contributed by atoms with Crippen LogP contribution in [-0.4, -0.2) is 65.7 Å². The predicted octanol–water partition coefficient (Wildman–Crippen LogP) is 3.21. The van der Waals surface area contributed by atoms with E-state index in [-0.39, 0.29) is 15.7 Å². The molecule has 3 heterocycles. The van der Waals surface area contributed by atoms with Gasteiger partial charge in [-0.05, 0) is 18.2 Å². The predicted molar refractivity (Wildman–Crippen MR) is 117 cm³/mol. The number of hydrogen-bond acceptors (Lipinski definition) is 8. The van der Waals surface area contributed by atoms with Crippen LogP contribution >= 0.6 is 46.6 Å². The molecule has 1 aliphatic rings. The normalized spacial score (nSPS) is 25.8. The van der Waals surface area contributed by atoms with Gasteiger partial charge in [-0.3, -0.25) is 4.98 Å². The number of aromatic nitrogens is 4. The summed E-state index contributed by atoms with van der Waals surface area (Å²) in [5.41, 5.74) is -0.318. The van der Waals surface area contributed by atoms with Crippen molar-refractivity contribution in [2.45, 2.75) is 34.7 Å². The Morgan fingerprint density at radius 3 is 2.59 bits per heavy atom. The molecule has 3 N–H and O–H groups in total. The minimum Gasteiger partial charge on any atom is -0.394 e. The Kier molecular flexibility index (Phi) is 7.23. The number of rotatable bonds is 5. The average molecular weight is 522 g/mol. The monoisotopic (exact) mass is 520 g/mol. The van der Waals surface area contributed by atoms with E-state index < -0.39 is 42.2 Å². The third kappa shape index (κ3) is 4.73. The van der Waals surface area contributed by atoms with Crippen molar-refractivity contribution < 1.29 is 24.4 Å². The molecular formula is C19H16Cl3FN4O4S. The third-order valence-electron chi connectivity index (χ3n) is 4.88. The molecule has 2 unspecified atom stereocenters. The van der Waals surface area contributed by atoms with Gasteiger partial charge in [-0.2, -0.15) is 0 Å². The van der Waals surface area contributed by atoms with Crippen molar-refractivity contribution in [3.63, 3.8) is 0 Å². The van der Waals surface area contributed by atoms with E-state index in [0.29, 0.717) is 15.5 Å². The van der Waals surface area contributed by atoms with E-state index in [0.717, 1.165) is 17.8 Å². The number of nitrogens with zero attached hydrogens (tertiary/aromatic N) is 4. The maximum atomic E-state index is 14.0. The van der Waals surface area contributed by atoms with E-state index in [1.54, 1.807) is 12.3 Å². The van der Waals surface area contributed by atoms with Gasteiger partial charge in [-0.1, -0.05) is 51.8 Å². The second kappa shape index (κ2) is 9.78. The lowest BCUT2D eigenvalue weighted by atomic mass is 9.97. The summed E-state index contributed by atoms with van der Waals surface area (Å²) in [7, 11) is 0. The van der Waals surface area contributed by atoms with Gasteiger partial charge in [0.15, 0.2) is 0 Å². The highest BCUT2D eigenvalue weighted by molar-refractivity contribution is 7.99. The highest BCUT2D eigenvalue weighted by Crippen LogP contribution is 2.39. The molecule has 1 fully saturated rings. The van der Waals surface area contributed by atoms with E-state index >= 15 is 0 Å². The Morgan fingerprint density at radius 2 is 1.91 bits per heavy atom. The van der Waals surface area contributed by atoms with Crippen molar-refractivity contribution in [1.29, 1.82) is 0 Å². The molecule has 4 rings (SSSR count). The maximum Gasteiger partial charge on any atom is 0.143 e. The molecule has 0 aliphatic carbocycles. The first kappa shape index (κ1) is 23.7. The van der Waals surface area contributed by atoms with Crippen LogP contribution in [0.25, 0.3) is 11.3 Å². The first-order chi connectivity index (χ1) is 15.3. The van der Waals surface area contributed by atoms with E-state index in [4.69, 9.17) is 39.5 Å². The minimum atomic E-state index is -1.30. The van der Waals surface area contributed by atoms with Crippen LogP contribution in [0.1, 0.15) is 6.04 Å². The van der Waals surface area contributed by atoms with Crippen LogP contribution in [0.4, 0.5) is 4.39 Å². The molecule has 1 aliphatic heterocycles. The van der Waals surface area contributed by atoms with Gasteiger partial charge >= 0.3 is 0 Å². The lowest BCUT2D eigenvalue weighted by Gasteiger charge is -2.41. The fraction of sp³-hybridized carbons (Fsp3) is 0.316. The molecule has 0 saturated carbocycles. The fourth-order valence-electron chi connectivity index (χ4n) is 3.33. The quantitative estimate of drug-likeness (QED) is 0.439. The molecule has 5 atom stereocenters. The number of thioether (sulfide) groups is 1. The topological polar surface area (TPSA) is 114 Å². The summed E-state index contributed by atoms with van der Waals surface area (Å²) < 4.78 is 20.9. The molecule has 0 spiro atoms. The number of hydrogen-bond donors (Lipinski definition) is 3. The van der Waals surface area contributed by atoms with E-state index in [9.17, 15) is 19.7 Å². The summed E-state index contributed by atoms with van der Waals surface area (Å²) in [5.74, 6) is -0.721. The summed E-state index contributed by atoms with van der Waals surface area (Å²) in [6, 6.07) is 3.22. The van der Waals surface area contributed by atoms with Crippen molar-refractivity contribution in [2.75, 3.05) is 6.61 Å². The summed E-state index contributed by atoms with van der Waals surface area (Å²) in [4.78, 5) is 4.62. The second-order valence-corrected chi connectivity index (χ2v) is 9.38. The zero-order valence-corrected chi connectivity index (χ0v) is 19.1. The van der Waals surface area contributed by atoms with Crippen molar-refractivity contribution in [1.82, 2.24) is 20.0 Å². The van der Waals surface area contributed by atoms with Crippen molar-refractivity contribution in [2.24, 2.45) is 0 Å². The Bertz CT molecular complexity index is 1100. The smallest absolute Gasteiger partial charge is 0.143 e. The van der Waals surface area contributed by atoms with Crippen LogP contribution in [0.3, 0.4) is 0 Å². The molecule has 0 radical (unpaired) electrons. The molecule has 1 saturated heterocycles. The van der Waals surface area contributed by atoms with Crippen LogP contribution in [0.2, 0.25) is 15.1 Å². The zero-order valence-electron chi connectivity index (χ0n) is 16.0. The van der Waals surface area contributed by atoms with Gasteiger partial charge in [0.25, 0.3) is 0 Å². The molecule has 32 heavy (non-hydrogen) atoms. The molecule has 3 aromatic rings. The number of benzene rings is 1. The number of ether oxygens (including phenoxy) is 1. The van der Waals surface area contributed by atoms with Gasteiger partial charge in [-0.25, -0.2) is 9.07 Å². The van der Waals surface area contributed by atoms with Crippen LogP contribution in [0.5, 0.6) is 0 Å². The van der Waals surface area contributed by atoms with Crippen LogP contribution in [0.15, 0.2) is 41.7 Å². The van der Waals surface area contributed by atoms with Crippen LogP contribution < -0.4 is 0 Å². The summed E-state index contributed by atoms with van der Waals surface area (Å²) in [6.45, 7) is -0.491. The number of halogens is 4. The lowest BCUT2D eigenvalue weighted by Crippen LogP contribution is -2.55. The number of aliphatic hydroxyl groups is 3. The Labute approximate surface area is 200 Å². The summed E-state index contributed by atoms with van der Waals surface area (Å²) in [6.07, 6.45) is 0.894. The maximum absolute atomic E-state index is 14.0. The first-order valence-electron chi connectivity index (χ1n) is 9.25. The zero-order chi connectivity index (χ0) is 23.0. The second-order valence-electron chi connectivity index (χ2n) is 6.99. The SMILES string of the molecule is OCC1O[C@H](Sc2cncc(Cl)c2)C(O)[C@@H](n2cc(-c3cc(F)c(Cl)c(Cl)c3)nn2)[C@H]1O. The Morgan fingerprint density at radius 1 is 1.12 bits per heavy atom. The lowest BCUT2D eigenvalue weighted by molar-refractivity contribution is -0.178. The van der Waals surface area contributed by atoms with Crippen LogP contribution in [0, 0.1) is 5.82 Å². The van der Waals surface area contributed by atoms with Crippen molar-refractivity contribution in [3.05, 3.63) is 57.7 Å². The van der Waals surface area contributed by atoms with Crippen molar-refractivity contribution in [3.8, 4) is 11.3 Å². The first-order valence-corrected chi connectivity index (χ1v) is 11.3. The van der Waals surface area contributed by atoms with E-state index in [2.05, 4.69) is 15.3 Å².